The molecule has 0 saturated heterocycles. The summed E-state index contributed by atoms with van der Waals surface area (Å²) < 4.78 is 6.77. The van der Waals surface area contributed by atoms with Crippen LogP contribution in [0.25, 0.3) is 11.2 Å². The lowest BCUT2D eigenvalue weighted by atomic mass is 10.4. The Morgan fingerprint density at radius 1 is 1.47 bits per heavy atom. The molecule has 17 heavy (non-hydrogen) atoms. The number of hydrogen-bond donors (Lipinski definition) is 1. The number of anilines is 1. The molecule has 0 aromatic carbocycles. The van der Waals surface area contributed by atoms with E-state index in [0.29, 0.717) is 34.4 Å². The molecular formula is C10H8ClN5O. The van der Waals surface area contributed by atoms with Crippen molar-refractivity contribution in [2.24, 2.45) is 0 Å². The van der Waals surface area contributed by atoms with Crippen molar-refractivity contribution in [3.63, 3.8) is 0 Å². The van der Waals surface area contributed by atoms with Crippen molar-refractivity contribution in [3.05, 3.63) is 35.3 Å². The normalized spacial score (nSPS) is 11.1. The molecule has 0 atom stereocenters. The van der Waals surface area contributed by atoms with Crippen LogP contribution in [0.2, 0.25) is 5.02 Å². The zero-order chi connectivity index (χ0) is 11.8. The molecule has 6 nitrogen and oxygen atoms in total. The van der Waals surface area contributed by atoms with Gasteiger partial charge in [0.25, 0.3) is 0 Å². The van der Waals surface area contributed by atoms with E-state index >= 15 is 0 Å². The zero-order valence-electron chi connectivity index (χ0n) is 8.67. The third-order valence-electron chi connectivity index (χ3n) is 2.39. The molecule has 3 aromatic rings. The first-order chi connectivity index (χ1) is 8.24. The lowest BCUT2D eigenvalue weighted by molar-refractivity contribution is 0.378. The first kappa shape index (κ1) is 10.1. The van der Waals surface area contributed by atoms with Crippen LogP contribution >= 0.6 is 11.6 Å². The van der Waals surface area contributed by atoms with Crippen molar-refractivity contribution < 1.29 is 4.52 Å². The fraction of sp³-hybridized carbons (Fsp3) is 0.100. The lowest BCUT2D eigenvalue weighted by Crippen LogP contribution is -2.04. The van der Waals surface area contributed by atoms with E-state index in [-0.39, 0.29) is 0 Å². The number of rotatable bonds is 2. The van der Waals surface area contributed by atoms with Gasteiger partial charge in [0, 0.05) is 12.3 Å². The van der Waals surface area contributed by atoms with Gasteiger partial charge in [0.15, 0.2) is 11.4 Å². The van der Waals surface area contributed by atoms with Gasteiger partial charge < -0.3 is 10.3 Å². The number of hydrogen-bond acceptors (Lipinski definition) is 5. The Morgan fingerprint density at radius 3 is 3.12 bits per heavy atom. The smallest absolute Gasteiger partial charge is 0.202 e. The molecular weight excluding hydrogens is 242 g/mol. The average Bonchev–Trinajstić information content (AvgIpc) is 2.88. The van der Waals surface area contributed by atoms with Crippen molar-refractivity contribution in [2.45, 2.75) is 6.54 Å². The van der Waals surface area contributed by atoms with E-state index in [1.54, 1.807) is 29.1 Å². The minimum Gasteiger partial charge on any atom is -0.369 e. The fourth-order valence-electron chi connectivity index (χ4n) is 1.64. The standard InChI is InChI=1S/C10H8ClN5O/c11-6-3-8-9(13-4-6)16(10(12)15-8)5-7-1-2-14-17-7/h1-4H,5H2,(H2,12,15). The minimum atomic E-state index is 0.367. The number of halogens is 1. The molecule has 0 amide bonds. The zero-order valence-corrected chi connectivity index (χ0v) is 9.42. The summed E-state index contributed by atoms with van der Waals surface area (Å²) in [6.45, 7) is 0.441. The Bertz CT molecular complexity index is 661. The SMILES string of the molecule is Nc1nc2cc(Cl)cnc2n1Cc1ccno1. The second kappa shape index (κ2) is 3.74. The predicted molar refractivity (Wildman–Crippen MR) is 62.6 cm³/mol. The van der Waals surface area contributed by atoms with Crippen LogP contribution in [0.15, 0.2) is 29.0 Å². The quantitative estimate of drug-likeness (QED) is 0.747. The molecule has 0 unspecified atom stereocenters. The highest BCUT2D eigenvalue weighted by Crippen LogP contribution is 2.20. The van der Waals surface area contributed by atoms with Crippen molar-refractivity contribution in [3.8, 4) is 0 Å². The molecule has 3 aromatic heterocycles. The Hall–Kier alpha value is -2.08. The number of nitrogen functional groups attached to an aromatic ring is 1. The molecule has 0 fully saturated rings. The summed E-state index contributed by atoms with van der Waals surface area (Å²) in [5.41, 5.74) is 7.16. The highest BCUT2D eigenvalue weighted by atomic mass is 35.5. The van der Waals surface area contributed by atoms with E-state index in [2.05, 4.69) is 15.1 Å². The number of imidazole rings is 1. The average molecular weight is 250 g/mol. The summed E-state index contributed by atoms with van der Waals surface area (Å²) in [6, 6.07) is 3.48. The van der Waals surface area contributed by atoms with Crippen LogP contribution in [-0.2, 0) is 6.54 Å². The monoisotopic (exact) mass is 249 g/mol. The summed E-state index contributed by atoms with van der Waals surface area (Å²) in [5.74, 6) is 1.05. The number of nitrogens with two attached hydrogens (primary N) is 1. The molecule has 3 rings (SSSR count). The second-order valence-electron chi connectivity index (χ2n) is 3.53. The number of aromatic nitrogens is 4. The van der Waals surface area contributed by atoms with Crippen LogP contribution in [0.5, 0.6) is 0 Å². The summed E-state index contributed by atoms with van der Waals surface area (Å²) in [7, 11) is 0. The van der Waals surface area contributed by atoms with Crippen LogP contribution in [0, 0.1) is 0 Å². The van der Waals surface area contributed by atoms with Gasteiger partial charge in [-0.3, -0.25) is 4.57 Å². The molecule has 7 heteroatoms. The Kier molecular flexibility index (Phi) is 2.22. The first-order valence-corrected chi connectivity index (χ1v) is 5.28. The topological polar surface area (TPSA) is 82.8 Å². The number of pyridine rings is 1. The van der Waals surface area contributed by atoms with Crippen molar-refractivity contribution >= 4 is 28.7 Å². The lowest BCUT2D eigenvalue weighted by Gasteiger charge is -2.01. The highest BCUT2D eigenvalue weighted by molar-refractivity contribution is 6.31. The maximum Gasteiger partial charge on any atom is 0.202 e. The van der Waals surface area contributed by atoms with Gasteiger partial charge in [-0.2, -0.15) is 0 Å². The van der Waals surface area contributed by atoms with Gasteiger partial charge in [-0.15, -0.1) is 0 Å². The molecule has 0 aliphatic heterocycles. The van der Waals surface area contributed by atoms with Gasteiger partial charge in [-0.25, -0.2) is 9.97 Å². The van der Waals surface area contributed by atoms with E-state index in [9.17, 15) is 0 Å². The number of fused-ring (bicyclic) bond motifs is 1. The van der Waals surface area contributed by atoms with E-state index in [1.807, 2.05) is 0 Å². The molecule has 0 spiro atoms. The largest absolute Gasteiger partial charge is 0.369 e. The summed E-state index contributed by atoms with van der Waals surface area (Å²) in [6.07, 6.45) is 3.14. The molecule has 0 aliphatic carbocycles. The second-order valence-corrected chi connectivity index (χ2v) is 3.97. The van der Waals surface area contributed by atoms with Gasteiger partial charge in [-0.05, 0) is 6.07 Å². The summed E-state index contributed by atoms with van der Waals surface area (Å²) in [4.78, 5) is 8.39. The van der Waals surface area contributed by atoms with Crippen LogP contribution in [0.1, 0.15) is 5.76 Å². The Balaban J connectivity index is 2.12. The third-order valence-corrected chi connectivity index (χ3v) is 2.59. The Morgan fingerprint density at radius 2 is 2.35 bits per heavy atom. The molecule has 2 N–H and O–H groups in total. The van der Waals surface area contributed by atoms with Gasteiger partial charge in [0.2, 0.25) is 5.95 Å². The van der Waals surface area contributed by atoms with Crippen LogP contribution < -0.4 is 5.73 Å². The maximum atomic E-state index is 5.84. The fourth-order valence-corrected chi connectivity index (χ4v) is 1.79. The van der Waals surface area contributed by atoms with Gasteiger partial charge in [0.1, 0.15) is 5.52 Å². The van der Waals surface area contributed by atoms with E-state index in [1.165, 1.54) is 0 Å². The molecule has 86 valence electrons. The van der Waals surface area contributed by atoms with Crippen molar-refractivity contribution in [1.82, 2.24) is 19.7 Å². The predicted octanol–water partition coefficient (Wildman–Crippen LogP) is 1.70. The summed E-state index contributed by atoms with van der Waals surface area (Å²) in [5, 5.41) is 4.16. The van der Waals surface area contributed by atoms with Crippen molar-refractivity contribution in [2.75, 3.05) is 5.73 Å². The van der Waals surface area contributed by atoms with Crippen molar-refractivity contribution in [1.29, 1.82) is 0 Å². The molecule has 0 aliphatic rings. The van der Waals surface area contributed by atoms with Crippen LogP contribution in [-0.4, -0.2) is 19.7 Å². The maximum absolute atomic E-state index is 5.84. The van der Waals surface area contributed by atoms with Gasteiger partial charge in [-0.1, -0.05) is 16.8 Å². The highest BCUT2D eigenvalue weighted by Gasteiger charge is 2.11. The van der Waals surface area contributed by atoms with Crippen LogP contribution in [0.4, 0.5) is 5.95 Å². The first-order valence-electron chi connectivity index (χ1n) is 4.91. The summed E-state index contributed by atoms with van der Waals surface area (Å²) >= 11 is 5.84. The minimum absolute atomic E-state index is 0.367. The van der Waals surface area contributed by atoms with Gasteiger partial charge in [0.05, 0.1) is 17.8 Å². The van der Waals surface area contributed by atoms with Crippen LogP contribution in [0.3, 0.4) is 0 Å². The molecule has 0 saturated carbocycles. The van der Waals surface area contributed by atoms with E-state index in [0.717, 1.165) is 0 Å². The molecule has 3 heterocycles. The molecule has 0 bridgehead atoms. The Labute approximate surface area is 101 Å². The van der Waals surface area contributed by atoms with E-state index in [4.69, 9.17) is 21.9 Å². The third kappa shape index (κ3) is 1.72. The molecule has 0 radical (unpaired) electrons. The van der Waals surface area contributed by atoms with Gasteiger partial charge >= 0.3 is 0 Å². The number of nitrogens with zero attached hydrogens (tertiary/aromatic N) is 4. The van der Waals surface area contributed by atoms with E-state index < -0.39 is 0 Å².